The third-order valence-electron chi connectivity index (χ3n) is 4.84. The molecule has 7 heteroatoms. The second-order valence-corrected chi connectivity index (χ2v) is 6.77. The maximum atomic E-state index is 12.4. The molecule has 1 aromatic heterocycles. The number of aryl methyl sites for hydroxylation is 2. The van der Waals surface area contributed by atoms with Gasteiger partial charge in [0.25, 0.3) is 5.91 Å². The van der Waals surface area contributed by atoms with Gasteiger partial charge in [-0.25, -0.2) is 4.68 Å². The summed E-state index contributed by atoms with van der Waals surface area (Å²) in [4.78, 5) is 12.4. The maximum Gasteiger partial charge on any atom is 0.273 e. The molecule has 1 saturated heterocycles. The molecule has 26 heavy (non-hydrogen) atoms. The first-order valence-corrected chi connectivity index (χ1v) is 9.17. The van der Waals surface area contributed by atoms with E-state index in [1.807, 2.05) is 43.7 Å². The van der Waals surface area contributed by atoms with Gasteiger partial charge in [0.05, 0.1) is 18.3 Å². The fourth-order valence-corrected chi connectivity index (χ4v) is 3.38. The molecule has 0 radical (unpaired) electrons. The highest BCUT2D eigenvalue weighted by Crippen LogP contribution is 2.22. The average molecular weight is 357 g/mol. The van der Waals surface area contributed by atoms with Gasteiger partial charge in [-0.1, -0.05) is 23.4 Å². The highest BCUT2D eigenvalue weighted by atomic mass is 16.5. The standard InChI is InChI=1S/C19H27N5O2/c1-13-5-4-6-14(2)18(13)26-12-11-21-19(25)17-15(3)24(23-22-17)16-7-9-20-10-8-16/h4-6,16,20H,7-12H2,1-3H3,(H,21,25). The maximum absolute atomic E-state index is 12.4. The van der Waals surface area contributed by atoms with Crippen LogP contribution in [-0.2, 0) is 0 Å². The van der Waals surface area contributed by atoms with Crippen LogP contribution in [0.2, 0.25) is 0 Å². The molecule has 1 aliphatic heterocycles. The van der Waals surface area contributed by atoms with E-state index >= 15 is 0 Å². The van der Waals surface area contributed by atoms with Gasteiger partial charge in [-0.15, -0.1) is 5.10 Å². The van der Waals surface area contributed by atoms with Crippen molar-refractivity contribution in [2.75, 3.05) is 26.2 Å². The molecule has 2 N–H and O–H groups in total. The Bertz CT molecular complexity index is 745. The molecule has 1 aromatic carbocycles. The van der Waals surface area contributed by atoms with Crippen LogP contribution in [-0.4, -0.2) is 47.1 Å². The summed E-state index contributed by atoms with van der Waals surface area (Å²) in [5.41, 5.74) is 3.41. The molecule has 1 fully saturated rings. The number of nitrogens with one attached hydrogen (secondary N) is 2. The Kier molecular flexibility index (Phi) is 5.88. The van der Waals surface area contributed by atoms with Crippen molar-refractivity contribution in [1.82, 2.24) is 25.6 Å². The molecule has 2 heterocycles. The third kappa shape index (κ3) is 4.04. The minimum atomic E-state index is -0.201. The van der Waals surface area contributed by atoms with E-state index in [9.17, 15) is 4.79 Å². The minimum Gasteiger partial charge on any atom is -0.491 e. The van der Waals surface area contributed by atoms with E-state index in [0.717, 1.165) is 48.5 Å². The van der Waals surface area contributed by atoms with Gasteiger partial charge in [0.15, 0.2) is 5.69 Å². The highest BCUT2D eigenvalue weighted by molar-refractivity contribution is 5.93. The number of carbonyl (C=O) groups excluding carboxylic acids is 1. The molecule has 0 unspecified atom stereocenters. The summed E-state index contributed by atoms with van der Waals surface area (Å²) in [5, 5.41) is 14.5. The van der Waals surface area contributed by atoms with Gasteiger partial charge in [0.2, 0.25) is 0 Å². The summed E-state index contributed by atoms with van der Waals surface area (Å²) >= 11 is 0. The van der Waals surface area contributed by atoms with Crippen LogP contribution in [0, 0.1) is 20.8 Å². The molecule has 0 saturated carbocycles. The number of para-hydroxylation sites is 1. The number of benzene rings is 1. The normalized spacial score (nSPS) is 15.0. The second-order valence-electron chi connectivity index (χ2n) is 6.77. The van der Waals surface area contributed by atoms with E-state index in [4.69, 9.17) is 4.74 Å². The molecular weight excluding hydrogens is 330 g/mol. The van der Waals surface area contributed by atoms with Crippen LogP contribution in [0.3, 0.4) is 0 Å². The van der Waals surface area contributed by atoms with Crippen LogP contribution in [0.4, 0.5) is 0 Å². The molecule has 0 aliphatic carbocycles. The number of aromatic nitrogens is 3. The lowest BCUT2D eigenvalue weighted by molar-refractivity contribution is 0.0941. The fraction of sp³-hybridized carbons (Fsp3) is 0.526. The van der Waals surface area contributed by atoms with Gasteiger partial charge in [-0.3, -0.25) is 4.79 Å². The quantitative estimate of drug-likeness (QED) is 0.772. The van der Waals surface area contributed by atoms with E-state index in [0.29, 0.717) is 24.9 Å². The molecule has 2 aromatic rings. The van der Waals surface area contributed by atoms with Crippen molar-refractivity contribution < 1.29 is 9.53 Å². The lowest BCUT2D eigenvalue weighted by Gasteiger charge is -2.23. The second kappa shape index (κ2) is 8.31. The van der Waals surface area contributed by atoms with Crippen molar-refractivity contribution in [1.29, 1.82) is 0 Å². The van der Waals surface area contributed by atoms with Gasteiger partial charge in [-0.2, -0.15) is 0 Å². The van der Waals surface area contributed by atoms with Gasteiger partial charge < -0.3 is 15.4 Å². The van der Waals surface area contributed by atoms with Crippen molar-refractivity contribution in [3.05, 3.63) is 40.7 Å². The Morgan fingerprint density at radius 1 is 1.27 bits per heavy atom. The molecule has 1 aliphatic rings. The summed E-state index contributed by atoms with van der Waals surface area (Å²) in [6.45, 7) is 8.73. The van der Waals surface area contributed by atoms with Gasteiger partial charge in [0, 0.05) is 0 Å². The topological polar surface area (TPSA) is 81.1 Å². The molecule has 7 nitrogen and oxygen atoms in total. The summed E-state index contributed by atoms with van der Waals surface area (Å²) in [6.07, 6.45) is 2.02. The zero-order valence-electron chi connectivity index (χ0n) is 15.7. The molecule has 0 bridgehead atoms. The summed E-state index contributed by atoms with van der Waals surface area (Å²) in [5.74, 6) is 0.683. The Morgan fingerprint density at radius 2 is 1.96 bits per heavy atom. The zero-order chi connectivity index (χ0) is 18.5. The van der Waals surface area contributed by atoms with Crippen LogP contribution in [0.25, 0.3) is 0 Å². The Labute approximate surface area is 154 Å². The monoisotopic (exact) mass is 357 g/mol. The first kappa shape index (κ1) is 18.4. The number of ether oxygens (including phenoxy) is 1. The Morgan fingerprint density at radius 3 is 2.65 bits per heavy atom. The van der Waals surface area contributed by atoms with Crippen molar-refractivity contribution >= 4 is 5.91 Å². The first-order valence-electron chi connectivity index (χ1n) is 9.17. The average Bonchev–Trinajstić information content (AvgIpc) is 3.03. The third-order valence-corrected chi connectivity index (χ3v) is 4.84. The number of carbonyl (C=O) groups is 1. The first-order chi connectivity index (χ1) is 12.6. The SMILES string of the molecule is Cc1cccc(C)c1OCCNC(=O)c1nnn(C2CCNCC2)c1C. The molecular formula is C19H27N5O2. The summed E-state index contributed by atoms with van der Waals surface area (Å²) in [6, 6.07) is 6.36. The molecule has 140 valence electrons. The van der Waals surface area contributed by atoms with E-state index in [1.165, 1.54) is 0 Å². The van der Waals surface area contributed by atoms with E-state index in [-0.39, 0.29) is 5.91 Å². The molecule has 0 atom stereocenters. The Balaban J connectivity index is 1.53. The summed E-state index contributed by atoms with van der Waals surface area (Å²) < 4.78 is 7.71. The van der Waals surface area contributed by atoms with Crippen molar-refractivity contribution in [3.63, 3.8) is 0 Å². The van der Waals surface area contributed by atoms with E-state index in [2.05, 4.69) is 20.9 Å². The fourth-order valence-electron chi connectivity index (χ4n) is 3.38. The van der Waals surface area contributed by atoms with Crippen LogP contribution < -0.4 is 15.4 Å². The number of piperidine rings is 1. The summed E-state index contributed by atoms with van der Waals surface area (Å²) in [7, 11) is 0. The van der Waals surface area contributed by atoms with E-state index in [1.54, 1.807) is 0 Å². The highest BCUT2D eigenvalue weighted by Gasteiger charge is 2.22. The van der Waals surface area contributed by atoms with Crippen LogP contribution in [0.1, 0.15) is 46.2 Å². The smallest absolute Gasteiger partial charge is 0.273 e. The van der Waals surface area contributed by atoms with Crippen LogP contribution >= 0.6 is 0 Å². The lowest BCUT2D eigenvalue weighted by Crippen LogP contribution is -2.31. The molecule has 0 spiro atoms. The van der Waals surface area contributed by atoms with Crippen molar-refractivity contribution in [2.24, 2.45) is 0 Å². The number of rotatable bonds is 6. The lowest BCUT2D eigenvalue weighted by atomic mass is 10.1. The largest absolute Gasteiger partial charge is 0.491 e. The molecule has 1 amide bonds. The van der Waals surface area contributed by atoms with Gasteiger partial charge >= 0.3 is 0 Å². The van der Waals surface area contributed by atoms with Crippen molar-refractivity contribution in [3.8, 4) is 5.75 Å². The number of hydrogen-bond donors (Lipinski definition) is 2. The predicted molar refractivity (Wildman–Crippen MR) is 99.6 cm³/mol. The van der Waals surface area contributed by atoms with E-state index < -0.39 is 0 Å². The van der Waals surface area contributed by atoms with Crippen LogP contribution in [0.15, 0.2) is 18.2 Å². The van der Waals surface area contributed by atoms with Gasteiger partial charge in [0.1, 0.15) is 12.4 Å². The van der Waals surface area contributed by atoms with Crippen molar-refractivity contribution in [2.45, 2.75) is 39.7 Å². The minimum absolute atomic E-state index is 0.201. The zero-order valence-corrected chi connectivity index (χ0v) is 15.7. The Hall–Kier alpha value is -2.41. The number of amides is 1. The van der Waals surface area contributed by atoms with Crippen LogP contribution in [0.5, 0.6) is 5.75 Å². The number of nitrogens with zero attached hydrogens (tertiary/aromatic N) is 3. The van der Waals surface area contributed by atoms with Gasteiger partial charge in [-0.05, 0) is 57.8 Å². The predicted octanol–water partition coefficient (Wildman–Crippen LogP) is 1.94. The molecule has 3 rings (SSSR count). The number of hydrogen-bond acceptors (Lipinski definition) is 5.